The minimum atomic E-state index is -0.417. The second-order valence-electron chi connectivity index (χ2n) is 8.80. The number of rotatable bonds is 7. The monoisotopic (exact) mass is 546 g/mol. The fraction of sp³-hybridized carbons (Fsp3) is 0.440. The van der Waals surface area contributed by atoms with Gasteiger partial charge >= 0.3 is 0 Å². The topological polar surface area (TPSA) is 130 Å². The Bertz CT molecular complexity index is 1160. The number of nitrogens with zero attached hydrogens (tertiary/aromatic N) is 5. The van der Waals surface area contributed by atoms with Gasteiger partial charge in [-0.3, -0.25) is 9.69 Å². The summed E-state index contributed by atoms with van der Waals surface area (Å²) in [6.45, 7) is 11.3. The SMILES string of the molecule is CC(C)[O-].Cc1nc(Nc2ncc(C(=O)Nc3c(C)cccc3Cl)s2)cc(N2CCN(CCO)CC2)n1. The first kappa shape index (κ1) is 28.7. The molecule has 1 aliphatic rings. The van der Waals surface area contributed by atoms with E-state index in [0.29, 0.717) is 38.9 Å². The highest BCUT2D eigenvalue weighted by atomic mass is 35.5. The number of thiazole rings is 1. The molecule has 10 nitrogen and oxygen atoms in total. The molecule has 0 unspecified atom stereocenters. The molecular weight excluding hydrogens is 514 g/mol. The second kappa shape index (κ2) is 13.6. The summed E-state index contributed by atoms with van der Waals surface area (Å²) in [6.07, 6.45) is 1.11. The number of piperazine rings is 1. The molecule has 0 bridgehead atoms. The second-order valence-corrected chi connectivity index (χ2v) is 10.2. The van der Waals surface area contributed by atoms with E-state index in [2.05, 4.69) is 35.4 Å². The number of amides is 1. The summed E-state index contributed by atoms with van der Waals surface area (Å²) >= 11 is 7.46. The van der Waals surface area contributed by atoms with Crippen molar-refractivity contribution in [3.63, 3.8) is 0 Å². The van der Waals surface area contributed by atoms with E-state index in [1.807, 2.05) is 32.0 Å². The number of aryl methyl sites for hydroxylation is 2. The van der Waals surface area contributed by atoms with E-state index in [-0.39, 0.29) is 12.5 Å². The lowest BCUT2D eigenvalue weighted by Crippen LogP contribution is -2.47. The highest BCUT2D eigenvalue weighted by Crippen LogP contribution is 2.28. The van der Waals surface area contributed by atoms with Gasteiger partial charge in [-0.05, 0) is 25.5 Å². The van der Waals surface area contributed by atoms with E-state index in [9.17, 15) is 9.90 Å². The molecule has 3 N–H and O–H groups in total. The number of benzene rings is 1. The lowest BCUT2D eigenvalue weighted by molar-refractivity contribution is -0.407. The van der Waals surface area contributed by atoms with Crippen LogP contribution < -0.4 is 20.6 Å². The van der Waals surface area contributed by atoms with E-state index >= 15 is 0 Å². The van der Waals surface area contributed by atoms with E-state index in [1.54, 1.807) is 19.9 Å². The summed E-state index contributed by atoms with van der Waals surface area (Å²) in [5, 5.41) is 25.8. The van der Waals surface area contributed by atoms with E-state index in [4.69, 9.17) is 16.7 Å². The van der Waals surface area contributed by atoms with Crippen molar-refractivity contribution in [1.82, 2.24) is 19.9 Å². The molecule has 1 fully saturated rings. The number of hydrogen-bond acceptors (Lipinski definition) is 10. The molecule has 1 saturated heterocycles. The number of para-hydroxylation sites is 1. The van der Waals surface area contributed by atoms with Gasteiger partial charge in [-0.25, -0.2) is 15.0 Å². The smallest absolute Gasteiger partial charge is 0.267 e. The van der Waals surface area contributed by atoms with Crippen LogP contribution in [0.3, 0.4) is 0 Å². The summed E-state index contributed by atoms with van der Waals surface area (Å²) in [7, 11) is 0. The number of carbonyl (C=O) groups is 1. The van der Waals surface area contributed by atoms with Gasteiger partial charge < -0.3 is 25.7 Å². The summed E-state index contributed by atoms with van der Waals surface area (Å²) in [5.74, 6) is 1.85. The standard InChI is InChI=1S/C22H26ClN7O2S.C3H7O/c1-14-4-3-5-16(23)20(14)28-21(32)17-13-24-22(33-17)27-18-12-19(26-15(2)25-18)30-8-6-29(7-9-30)10-11-31;1-3(2)4/h3-5,12-13,31H,6-11H2,1-2H3,(H,28,32)(H,24,25,26,27);3H,1-2H3/q;-1. The number of hydrogen-bond donors (Lipinski definition) is 3. The average molecular weight is 547 g/mol. The number of aliphatic hydroxyl groups excluding tert-OH is 1. The lowest BCUT2D eigenvalue weighted by atomic mass is 10.2. The fourth-order valence-corrected chi connectivity index (χ4v) is 4.62. The molecule has 4 rings (SSSR count). The normalized spacial score (nSPS) is 13.8. The number of halogens is 1. The zero-order chi connectivity index (χ0) is 26.9. The van der Waals surface area contributed by atoms with Crippen LogP contribution in [0.4, 0.5) is 22.5 Å². The van der Waals surface area contributed by atoms with E-state index in [0.717, 1.165) is 37.6 Å². The van der Waals surface area contributed by atoms with Crippen LogP contribution in [0.25, 0.3) is 0 Å². The van der Waals surface area contributed by atoms with Crippen LogP contribution in [0.1, 0.15) is 34.9 Å². The van der Waals surface area contributed by atoms with Gasteiger partial charge in [-0.2, -0.15) is 0 Å². The molecule has 3 heterocycles. The van der Waals surface area contributed by atoms with Crippen molar-refractivity contribution in [1.29, 1.82) is 0 Å². The summed E-state index contributed by atoms with van der Waals surface area (Å²) in [4.78, 5) is 31.0. The predicted molar refractivity (Wildman–Crippen MR) is 147 cm³/mol. The molecule has 12 heteroatoms. The van der Waals surface area contributed by atoms with Gasteiger partial charge in [-0.1, -0.05) is 48.9 Å². The van der Waals surface area contributed by atoms with Crippen LogP contribution in [0, 0.1) is 13.8 Å². The maximum atomic E-state index is 12.7. The fourth-order valence-electron chi connectivity index (χ4n) is 3.63. The van der Waals surface area contributed by atoms with Crippen LogP contribution in [0.2, 0.25) is 5.02 Å². The number of nitrogens with one attached hydrogen (secondary N) is 2. The minimum Gasteiger partial charge on any atom is -0.852 e. The molecule has 37 heavy (non-hydrogen) atoms. The Morgan fingerprint density at radius 3 is 2.57 bits per heavy atom. The molecule has 1 amide bonds. The van der Waals surface area contributed by atoms with Crippen molar-refractivity contribution in [3.8, 4) is 0 Å². The maximum Gasteiger partial charge on any atom is 0.267 e. The van der Waals surface area contributed by atoms with Crippen LogP contribution in [0.5, 0.6) is 0 Å². The first-order valence-electron chi connectivity index (χ1n) is 12.0. The lowest BCUT2D eigenvalue weighted by Gasteiger charge is -2.35. The van der Waals surface area contributed by atoms with E-state index in [1.165, 1.54) is 17.5 Å². The van der Waals surface area contributed by atoms with Crippen LogP contribution in [-0.2, 0) is 0 Å². The predicted octanol–water partition coefficient (Wildman–Crippen LogP) is 3.07. The first-order valence-corrected chi connectivity index (χ1v) is 13.2. The van der Waals surface area contributed by atoms with Gasteiger partial charge in [0.2, 0.25) is 0 Å². The number of anilines is 4. The molecule has 200 valence electrons. The molecule has 2 aromatic heterocycles. The number of β-amino-alcohol motifs (C(OH)–C–C–N with tert-alkyl or cyclic N) is 1. The number of aromatic nitrogens is 3. The minimum absolute atomic E-state index is 0.173. The third kappa shape index (κ3) is 8.61. The van der Waals surface area contributed by atoms with Crippen molar-refractivity contribution in [2.45, 2.75) is 33.8 Å². The number of carbonyl (C=O) groups excluding carboxylic acids is 1. The number of aliphatic hydroxyl groups is 1. The molecule has 0 aliphatic carbocycles. The highest BCUT2D eigenvalue weighted by Gasteiger charge is 2.19. The van der Waals surface area contributed by atoms with E-state index < -0.39 is 6.10 Å². The Kier molecular flexibility index (Phi) is 10.6. The molecule has 0 atom stereocenters. The van der Waals surface area contributed by atoms with Gasteiger partial charge in [0.1, 0.15) is 22.3 Å². The van der Waals surface area contributed by atoms with Crippen molar-refractivity contribution >= 4 is 51.3 Å². The third-order valence-electron chi connectivity index (χ3n) is 5.36. The van der Waals surface area contributed by atoms with Crippen LogP contribution in [-0.4, -0.2) is 76.3 Å². The zero-order valence-electron chi connectivity index (χ0n) is 21.5. The molecule has 1 aliphatic heterocycles. The van der Waals surface area contributed by atoms with Crippen molar-refractivity contribution in [3.05, 3.63) is 51.7 Å². The molecule has 0 radical (unpaired) electrons. The average Bonchev–Trinajstić information content (AvgIpc) is 3.30. The summed E-state index contributed by atoms with van der Waals surface area (Å²) in [5.41, 5.74) is 1.49. The van der Waals surface area contributed by atoms with Gasteiger partial charge in [0.05, 0.1) is 23.5 Å². The largest absolute Gasteiger partial charge is 0.852 e. The molecule has 1 aromatic carbocycles. The van der Waals surface area contributed by atoms with Crippen molar-refractivity contribution in [2.75, 3.05) is 54.9 Å². The summed E-state index contributed by atoms with van der Waals surface area (Å²) < 4.78 is 0. The Morgan fingerprint density at radius 2 is 1.92 bits per heavy atom. The van der Waals surface area contributed by atoms with Gasteiger partial charge in [0.25, 0.3) is 5.91 Å². The Labute approximate surface area is 226 Å². The molecule has 0 saturated carbocycles. The molecule has 0 spiro atoms. The first-order chi connectivity index (χ1) is 17.7. The van der Waals surface area contributed by atoms with Crippen LogP contribution >= 0.6 is 22.9 Å². The quantitative estimate of drug-likeness (QED) is 0.409. The zero-order valence-corrected chi connectivity index (χ0v) is 23.1. The van der Waals surface area contributed by atoms with Gasteiger partial charge in [0.15, 0.2) is 5.13 Å². The Hall–Kier alpha value is -2.83. The molecule has 3 aromatic rings. The van der Waals surface area contributed by atoms with Gasteiger partial charge in [-0.15, -0.1) is 6.10 Å². The Balaban J connectivity index is 0.000000886. The highest BCUT2D eigenvalue weighted by molar-refractivity contribution is 7.17. The summed E-state index contributed by atoms with van der Waals surface area (Å²) in [6, 6.07) is 7.37. The van der Waals surface area contributed by atoms with Crippen LogP contribution in [0.15, 0.2) is 30.5 Å². The van der Waals surface area contributed by atoms with Crippen molar-refractivity contribution in [2.24, 2.45) is 0 Å². The Morgan fingerprint density at radius 1 is 1.22 bits per heavy atom. The maximum absolute atomic E-state index is 12.7. The van der Waals surface area contributed by atoms with Crippen molar-refractivity contribution < 1.29 is 15.0 Å². The van der Waals surface area contributed by atoms with Gasteiger partial charge in [0, 0.05) is 38.8 Å². The molecular formula is C25H33ClN7O3S-. The third-order valence-corrected chi connectivity index (χ3v) is 6.59.